The molecular formula is C19H25N3O3. The monoisotopic (exact) mass is 343 g/mol. The first kappa shape index (κ1) is 17.5. The molecule has 1 fully saturated rings. The molecular weight excluding hydrogens is 318 g/mol. The van der Waals surface area contributed by atoms with Gasteiger partial charge in [0.15, 0.2) is 0 Å². The van der Waals surface area contributed by atoms with Gasteiger partial charge >= 0.3 is 5.97 Å². The van der Waals surface area contributed by atoms with Gasteiger partial charge in [-0.3, -0.25) is 0 Å². The van der Waals surface area contributed by atoms with Gasteiger partial charge in [-0.2, -0.15) is 0 Å². The maximum Gasteiger partial charge on any atom is 0.328 e. The van der Waals surface area contributed by atoms with Crippen molar-refractivity contribution in [3.63, 3.8) is 0 Å². The van der Waals surface area contributed by atoms with Crippen LogP contribution in [0.25, 0.3) is 11.4 Å². The highest BCUT2D eigenvalue weighted by atomic mass is 16.5. The number of imidazole rings is 1. The Morgan fingerprint density at radius 3 is 2.72 bits per heavy atom. The Morgan fingerprint density at radius 1 is 1.28 bits per heavy atom. The number of hydrogen-bond donors (Lipinski definition) is 0. The van der Waals surface area contributed by atoms with E-state index in [2.05, 4.69) is 16.9 Å². The molecule has 1 aliphatic heterocycles. The zero-order valence-corrected chi connectivity index (χ0v) is 15.0. The number of methoxy groups -OCH3 is 1. The largest absolute Gasteiger partial charge is 0.490 e. The SMILES string of the molecule is COC(=O)C(C)n1ccnc1-c1ccccc1OC1CCN(C)CC1. The number of benzene rings is 1. The average molecular weight is 343 g/mol. The van der Waals surface area contributed by atoms with E-state index in [1.807, 2.05) is 28.8 Å². The van der Waals surface area contributed by atoms with Gasteiger partial charge in [0.05, 0.1) is 12.7 Å². The number of ether oxygens (including phenoxy) is 2. The van der Waals surface area contributed by atoms with Crippen LogP contribution in [0, 0.1) is 0 Å². The molecule has 0 radical (unpaired) electrons. The Labute approximate surface area is 148 Å². The molecule has 1 atom stereocenters. The summed E-state index contributed by atoms with van der Waals surface area (Å²) in [6, 6.07) is 7.42. The predicted octanol–water partition coefficient (Wildman–Crippen LogP) is 2.76. The van der Waals surface area contributed by atoms with Crippen molar-refractivity contribution in [1.29, 1.82) is 0 Å². The zero-order valence-electron chi connectivity index (χ0n) is 15.0. The van der Waals surface area contributed by atoms with Crippen molar-refractivity contribution in [2.45, 2.75) is 31.9 Å². The molecule has 1 aliphatic rings. The zero-order chi connectivity index (χ0) is 17.8. The van der Waals surface area contributed by atoms with Crippen LogP contribution in [-0.2, 0) is 9.53 Å². The number of nitrogens with zero attached hydrogens (tertiary/aromatic N) is 3. The first-order valence-electron chi connectivity index (χ1n) is 8.65. The first-order valence-corrected chi connectivity index (χ1v) is 8.65. The molecule has 1 saturated heterocycles. The summed E-state index contributed by atoms with van der Waals surface area (Å²) < 4.78 is 13.0. The van der Waals surface area contributed by atoms with Crippen LogP contribution >= 0.6 is 0 Å². The minimum absolute atomic E-state index is 0.207. The van der Waals surface area contributed by atoms with E-state index in [4.69, 9.17) is 9.47 Å². The van der Waals surface area contributed by atoms with E-state index in [-0.39, 0.29) is 12.1 Å². The molecule has 3 rings (SSSR count). The molecule has 0 spiro atoms. The molecule has 1 aromatic carbocycles. The summed E-state index contributed by atoms with van der Waals surface area (Å²) in [6.07, 6.45) is 5.72. The number of rotatable bonds is 5. The molecule has 2 aromatic rings. The summed E-state index contributed by atoms with van der Waals surface area (Å²) in [5.41, 5.74) is 0.891. The van der Waals surface area contributed by atoms with Crippen LogP contribution in [0.1, 0.15) is 25.8 Å². The number of piperidine rings is 1. The predicted molar refractivity (Wildman–Crippen MR) is 95.5 cm³/mol. The molecule has 2 heterocycles. The first-order chi connectivity index (χ1) is 12.1. The highest BCUT2D eigenvalue weighted by molar-refractivity contribution is 5.75. The molecule has 0 amide bonds. The quantitative estimate of drug-likeness (QED) is 0.782. The number of para-hydroxylation sites is 1. The number of carbonyl (C=O) groups excluding carboxylic acids is 1. The van der Waals surface area contributed by atoms with Gasteiger partial charge in [0.2, 0.25) is 0 Å². The van der Waals surface area contributed by atoms with Gasteiger partial charge in [-0.05, 0) is 38.9 Å². The maximum absolute atomic E-state index is 11.9. The van der Waals surface area contributed by atoms with Gasteiger partial charge in [0.1, 0.15) is 23.7 Å². The number of aromatic nitrogens is 2. The van der Waals surface area contributed by atoms with Crippen molar-refractivity contribution in [2.24, 2.45) is 0 Å². The Morgan fingerprint density at radius 2 is 2.00 bits per heavy atom. The second-order valence-electron chi connectivity index (χ2n) is 6.47. The summed E-state index contributed by atoms with van der Waals surface area (Å²) >= 11 is 0. The van der Waals surface area contributed by atoms with Gasteiger partial charge in [-0.15, -0.1) is 0 Å². The smallest absolute Gasteiger partial charge is 0.328 e. The van der Waals surface area contributed by atoms with Crippen molar-refractivity contribution in [3.05, 3.63) is 36.7 Å². The molecule has 1 unspecified atom stereocenters. The summed E-state index contributed by atoms with van der Waals surface area (Å²) in [7, 11) is 3.53. The lowest BCUT2D eigenvalue weighted by molar-refractivity contribution is -0.143. The van der Waals surface area contributed by atoms with E-state index in [0.29, 0.717) is 5.82 Å². The lowest BCUT2D eigenvalue weighted by Crippen LogP contribution is -2.35. The van der Waals surface area contributed by atoms with Gasteiger partial charge in [0, 0.05) is 25.5 Å². The van der Waals surface area contributed by atoms with Crippen LogP contribution in [-0.4, -0.2) is 53.8 Å². The fraction of sp³-hybridized carbons (Fsp3) is 0.474. The number of likely N-dealkylation sites (tertiary alicyclic amines) is 1. The molecule has 0 saturated carbocycles. The molecule has 134 valence electrons. The van der Waals surface area contributed by atoms with Crippen molar-refractivity contribution in [3.8, 4) is 17.1 Å². The van der Waals surface area contributed by atoms with Gasteiger partial charge < -0.3 is 18.9 Å². The molecule has 6 nitrogen and oxygen atoms in total. The topological polar surface area (TPSA) is 56.6 Å². The standard InChI is InChI=1S/C19H25N3O3/c1-14(19(23)24-3)22-13-10-20-18(22)16-6-4-5-7-17(16)25-15-8-11-21(2)12-9-15/h4-7,10,13-15H,8-9,11-12H2,1-3H3. The lowest BCUT2D eigenvalue weighted by atomic mass is 10.1. The number of carbonyl (C=O) groups is 1. The van der Waals surface area contributed by atoms with E-state index in [1.165, 1.54) is 7.11 Å². The third kappa shape index (κ3) is 3.85. The highest BCUT2D eigenvalue weighted by Gasteiger charge is 2.23. The van der Waals surface area contributed by atoms with Gasteiger partial charge in [-0.25, -0.2) is 9.78 Å². The number of esters is 1. The maximum atomic E-state index is 11.9. The average Bonchev–Trinajstić information content (AvgIpc) is 3.12. The van der Waals surface area contributed by atoms with Crippen molar-refractivity contribution >= 4 is 5.97 Å². The Kier molecular flexibility index (Phi) is 5.38. The van der Waals surface area contributed by atoms with E-state index in [1.54, 1.807) is 19.3 Å². The van der Waals surface area contributed by atoms with Crippen LogP contribution in [0.2, 0.25) is 0 Å². The summed E-state index contributed by atoms with van der Waals surface area (Å²) in [4.78, 5) is 18.7. The fourth-order valence-corrected chi connectivity index (χ4v) is 3.15. The minimum atomic E-state index is -0.445. The van der Waals surface area contributed by atoms with Crippen LogP contribution in [0.3, 0.4) is 0 Å². The van der Waals surface area contributed by atoms with Gasteiger partial charge in [-0.1, -0.05) is 12.1 Å². The van der Waals surface area contributed by atoms with Crippen LogP contribution in [0.15, 0.2) is 36.7 Å². The summed E-state index contributed by atoms with van der Waals surface area (Å²) in [6.45, 7) is 3.89. The van der Waals surface area contributed by atoms with E-state index >= 15 is 0 Å². The third-order valence-corrected chi connectivity index (χ3v) is 4.72. The Hall–Kier alpha value is -2.34. The van der Waals surface area contributed by atoms with Crippen LogP contribution < -0.4 is 4.74 Å². The summed E-state index contributed by atoms with van der Waals surface area (Å²) in [5, 5.41) is 0. The molecule has 25 heavy (non-hydrogen) atoms. The van der Waals surface area contributed by atoms with E-state index in [0.717, 1.165) is 37.2 Å². The third-order valence-electron chi connectivity index (χ3n) is 4.72. The molecule has 0 N–H and O–H groups in total. The van der Waals surface area contributed by atoms with E-state index < -0.39 is 6.04 Å². The second-order valence-corrected chi connectivity index (χ2v) is 6.47. The molecule has 6 heteroatoms. The van der Waals surface area contributed by atoms with E-state index in [9.17, 15) is 4.79 Å². The van der Waals surface area contributed by atoms with Crippen molar-refractivity contribution in [1.82, 2.24) is 14.5 Å². The molecule has 0 bridgehead atoms. The minimum Gasteiger partial charge on any atom is -0.490 e. The summed E-state index contributed by atoms with van der Waals surface area (Å²) in [5.74, 6) is 1.22. The van der Waals surface area contributed by atoms with Crippen molar-refractivity contribution < 1.29 is 14.3 Å². The second kappa shape index (κ2) is 7.70. The van der Waals surface area contributed by atoms with Gasteiger partial charge in [0.25, 0.3) is 0 Å². The van der Waals surface area contributed by atoms with Crippen LogP contribution in [0.4, 0.5) is 0 Å². The van der Waals surface area contributed by atoms with Crippen LogP contribution in [0.5, 0.6) is 5.75 Å². The Bertz CT molecular complexity index is 720. The molecule has 1 aromatic heterocycles. The molecule has 0 aliphatic carbocycles. The Balaban J connectivity index is 1.87. The fourth-order valence-electron chi connectivity index (χ4n) is 3.15. The normalized spacial score (nSPS) is 17.2. The highest BCUT2D eigenvalue weighted by Crippen LogP contribution is 2.32. The lowest BCUT2D eigenvalue weighted by Gasteiger charge is -2.30. The van der Waals surface area contributed by atoms with Crippen molar-refractivity contribution in [2.75, 3.05) is 27.2 Å². The number of hydrogen-bond acceptors (Lipinski definition) is 5.